The molecule has 0 fully saturated rings. The van der Waals surface area contributed by atoms with Gasteiger partial charge in [-0.1, -0.05) is 24.3 Å². The van der Waals surface area contributed by atoms with Gasteiger partial charge in [0.1, 0.15) is 12.4 Å². The molecule has 7 heteroatoms. The van der Waals surface area contributed by atoms with Crippen LogP contribution < -0.4 is 10.1 Å². The third-order valence-electron chi connectivity index (χ3n) is 3.43. The molecule has 1 atom stereocenters. The molecule has 0 saturated heterocycles. The number of carbonyl (C=O) groups excluding carboxylic acids is 2. The molecule has 0 aromatic heterocycles. The molecule has 6 nitrogen and oxygen atoms in total. The third-order valence-corrected chi connectivity index (χ3v) is 4.41. The number of aryl methyl sites for hydroxylation is 1. The van der Waals surface area contributed by atoms with Crippen LogP contribution in [0.1, 0.15) is 15.9 Å². The molecule has 0 aliphatic carbocycles. The average Bonchev–Trinajstić information content (AvgIpc) is 2.63. The summed E-state index contributed by atoms with van der Waals surface area (Å²) < 4.78 is 22.1. The van der Waals surface area contributed by atoms with E-state index in [0.29, 0.717) is 18.0 Å². The Morgan fingerprint density at radius 1 is 1.12 bits per heavy atom. The fourth-order valence-electron chi connectivity index (χ4n) is 2.21. The first kappa shape index (κ1) is 19.7. The second kappa shape index (κ2) is 9.72. The van der Waals surface area contributed by atoms with Crippen LogP contribution in [-0.2, 0) is 20.3 Å². The number of nitrogens with one attached hydrogen (secondary N) is 1. The first-order chi connectivity index (χ1) is 12.5. The molecule has 2 aromatic carbocycles. The van der Waals surface area contributed by atoms with Crippen molar-refractivity contribution in [2.24, 2.45) is 0 Å². The summed E-state index contributed by atoms with van der Waals surface area (Å²) in [6.07, 6.45) is 1.48. The van der Waals surface area contributed by atoms with Gasteiger partial charge in [-0.05, 0) is 36.8 Å². The van der Waals surface area contributed by atoms with E-state index in [1.54, 1.807) is 18.2 Å². The van der Waals surface area contributed by atoms with Crippen LogP contribution in [-0.4, -0.2) is 42.1 Å². The number of amides is 1. The topological polar surface area (TPSA) is 81.7 Å². The summed E-state index contributed by atoms with van der Waals surface area (Å²) in [4.78, 5) is 24.2. The fraction of sp³-hybridized carbons (Fsp3) is 0.263. The van der Waals surface area contributed by atoms with E-state index in [1.807, 2.05) is 31.2 Å². The van der Waals surface area contributed by atoms with E-state index >= 15 is 0 Å². The van der Waals surface area contributed by atoms with Gasteiger partial charge in [0.2, 0.25) is 0 Å². The van der Waals surface area contributed by atoms with Gasteiger partial charge in [0.15, 0.2) is 6.61 Å². The van der Waals surface area contributed by atoms with Crippen LogP contribution in [0.2, 0.25) is 0 Å². The Bertz CT molecular complexity index is 806. The number of esters is 1. The van der Waals surface area contributed by atoms with Crippen molar-refractivity contribution >= 4 is 22.7 Å². The van der Waals surface area contributed by atoms with Crippen molar-refractivity contribution in [3.05, 3.63) is 59.7 Å². The first-order valence-electron chi connectivity index (χ1n) is 8.03. The van der Waals surface area contributed by atoms with Gasteiger partial charge in [0.05, 0.1) is 27.8 Å². The summed E-state index contributed by atoms with van der Waals surface area (Å²) in [7, 11) is -1.32. The summed E-state index contributed by atoms with van der Waals surface area (Å²) in [5.41, 5.74) is 1.29. The Morgan fingerprint density at radius 3 is 2.62 bits per heavy atom. The summed E-state index contributed by atoms with van der Waals surface area (Å²) in [5, 5.41) is 2.61. The van der Waals surface area contributed by atoms with Crippen LogP contribution in [0.5, 0.6) is 5.75 Å². The van der Waals surface area contributed by atoms with E-state index in [0.717, 1.165) is 11.3 Å². The minimum atomic E-state index is -1.32. The van der Waals surface area contributed by atoms with Gasteiger partial charge >= 0.3 is 5.97 Å². The largest absolute Gasteiger partial charge is 0.492 e. The molecular weight excluding hydrogens is 354 g/mol. The summed E-state index contributed by atoms with van der Waals surface area (Å²) in [6.45, 7) is 2.16. The lowest BCUT2D eigenvalue weighted by Gasteiger charge is -2.09. The zero-order chi connectivity index (χ0) is 18.9. The lowest BCUT2D eigenvalue weighted by atomic mass is 10.2. The molecule has 1 amide bonds. The molecule has 0 aliphatic rings. The molecule has 0 heterocycles. The SMILES string of the molecule is Cc1cccc(OCCNC(=O)COC(=O)c2ccccc2[S@](C)=O)c1. The van der Waals surface area contributed by atoms with Gasteiger partial charge in [0, 0.05) is 6.26 Å². The second-order valence-electron chi connectivity index (χ2n) is 5.54. The fourth-order valence-corrected chi connectivity index (χ4v) is 2.94. The maximum absolute atomic E-state index is 12.1. The summed E-state index contributed by atoms with van der Waals surface area (Å²) >= 11 is 0. The van der Waals surface area contributed by atoms with E-state index in [2.05, 4.69) is 5.32 Å². The van der Waals surface area contributed by atoms with Crippen molar-refractivity contribution in [2.75, 3.05) is 26.0 Å². The minimum absolute atomic E-state index is 0.198. The van der Waals surface area contributed by atoms with E-state index in [9.17, 15) is 13.8 Å². The highest BCUT2D eigenvalue weighted by Gasteiger charge is 2.15. The molecule has 2 rings (SSSR count). The number of hydrogen-bond acceptors (Lipinski definition) is 5. The van der Waals surface area contributed by atoms with Gasteiger partial charge < -0.3 is 14.8 Å². The van der Waals surface area contributed by atoms with E-state index in [-0.39, 0.29) is 5.56 Å². The molecule has 0 unspecified atom stereocenters. The van der Waals surface area contributed by atoms with E-state index in [1.165, 1.54) is 12.3 Å². The quantitative estimate of drug-likeness (QED) is 0.564. The van der Waals surface area contributed by atoms with Gasteiger partial charge in [-0.15, -0.1) is 0 Å². The molecule has 0 aliphatic heterocycles. The van der Waals surface area contributed by atoms with Crippen molar-refractivity contribution in [3.63, 3.8) is 0 Å². The zero-order valence-electron chi connectivity index (χ0n) is 14.7. The molecule has 2 aromatic rings. The molecule has 0 saturated carbocycles. The van der Waals surface area contributed by atoms with Crippen LogP contribution in [0.4, 0.5) is 0 Å². The maximum Gasteiger partial charge on any atom is 0.339 e. The predicted octanol–water partition coefficient (Wildman–Crippen LogP) is 2.08. The minimum Gasteiger partial charge on any atom is -0.492 e. The maximum atomic E-state index is 12.1. The molecule has 0 spiro atoms. The normalized spacial score (nSPS) is 11.5. The van der Waals surface area contributed by atoms with Gasteiger partial charge in [-0.3, -0.25) is 9.00 Å². The molecule has 0 bridgehead atoms. The Kier molecular flexibility index (Phi) is 7.35. The number of rotatable bonds is 8. The molecule has 0 radical (unpaired) electrons. The van der Waals surface area contributed by atoms with Crippen molar-refractivity contribution in [1.82, 2.24) is 5.32 Å². The lowest BCUT2D eigenvalue weighted by Crippen LogP contribution is -2.32. The molecule has 138 valence electrons. The highest BCUT2D eigenvalue weighted by molar-refractivity contribution is 7.84. The van der Waals surface area contributed by atoms with Crippen LogP contribution in [0.15, 0.2) is 53.4 Å². The van der Waals surface area contributed by atoms with Crippen LogP contribution in [0.25, 0.3) is 0 Å². The van der Waals surface area contributed by atoms with E-state index in [4.69, 9.17) is 9.47 Å². The van der Waals surface area contributed by atoms with Crippen LogP contribution >= 0.6 is 0 Å². The number of hydrogen-bond donors (Lipinski definition) is 1. The Labute approximate surface area is 155 Å². The average molecular weight is 375 g/mol. The molecular formula is C19H21NO5S. The van der Waals surface area contributed by atoms with E-state index < -0.39 is 29.3 Å². The van der Waals surface area contributed by atoms with Gasteiger partial charge in [-0.25, -0.2) is 4.79 Å². The number of ether oxygens (including phenoxy) is 2. The second-order valence-corrected chi connectivity index (χ2v) is 6.89. The van der Waals surface area contributed by atoms with Gasteiger partial charge in [-0.2, -0.15) is 0 Å². The monoisotopic (exact) mass is 375 g/mol. The van der Waals surface area contributed by atoms with Crippen molar-refractivity contribution < 1.29 is 23.3 Å². The standard InChI is InChI=1S/C19H21NO5S/c1-14-6-5-7-15(12-14)24-11-10-20-18(21)13-25-19(22)16-8-3-4-9-17(16)26(2)23/h3-9,12H,10-11,13H2,1-2H3,(H,20,21)/t26-/m0/s1. The molecule has 1 N–H and O–H groups in total. The van der Waals surface area contributed by atoms with Crippen molar-refractivity contribution in [2.45, 2.75) is 11.8 Å². The summed E-state index contributed by atoms with van der Waals surface area (Å²) in [5.74, 6) is -0.377. The van der Waals surface area contributed by atoms with Crippen LogP contribution in [0, 0.1) is 6.92 Å². The van der Waals surface area contributed by atoms with Crippen LogP contribution in [0.3, 0.4) is 0 Å². The Hall–Kier alpha value is -2.67. The van der Waals surface area contributed by atoms with Crippen molar-refractivity contribution in [3.8, 4) is 5.75 Å². The van der Waals surface area contributed by atoms with Crippen molar-refractivity contribution in [1.29, 1.82) is 0 Å². The smallest absolute Gasteiger partial charge is 0.339 e. The number of carbonyl (C=O) groups is 2. The first-order valence-corrected chi connectivity index (χ1v) is 9.59. The highest BCUT2D eigenvalue weighted by atomic mass is 32.2. The Morgan fingerprint density at radius 2 is 1.88 bits per heavy atom. The predicted molar refractivity (Wildman–Crippen MR) is 98.7 cm³/mol. The highest BCUT2D eigenvalue weighted by Crippen LogP contribution is 2.14. The lowest BCUT2D eigenvalue weighted by molar-refractivity contribution is -0.124. The molecule has 26 heavy (non-hydrogen) atoms. The zero-order valence-corrected chi connectivity index (χ0v) is 15.5. The third kappa shape index (κ3) is 6.00. The van der Waals surface area contributed by atoms with Gasteiger partial charge in [0.25, 0.3) is 5.91 Å². The number of benzene rings is 2. The summed E-state index contributed by atoms with van der Waals surface area (Å²) in [6, 6.07) is 14.1. The Balaban J connectivity index is 1.73.